The molecule has 0 bridgehead atoms. The van der Waals surface area contributed by atoms with Crippen LogP contribution in [0.15, 0.2) is 72.4 Å². The summed E-state index contributed by atoms with van der Waals surface area (Å²) < 4.78 is 29.4. The number of rotatable bonds is 26. The third kappa shape index (κ3) is 21.0. The van der Waals surface area contributed by atoms with Gasteiger partial charge in [0.2, 0.25) is 5.91 Å². The minimum Gasteiger partial charge on any atom is -0.457 e. The average molecular weight is 1160 g/mol. The Bertz CT molecular complexity index is 2530. The van der Waals surface area contributed by atoms with Gasteiger partial charge in [-0.25, -0.2) is 9.59 Å². The van der Waals surface area contributed by atoms with E-state index in [4.69, 9.17) is 23.7 Å². The number of piperazine rings is 1. The number of hydrogen-bond acceptors (Lipinski definition) is 16. The molecule has 2 saturated heterocycles. The molecule has 0 spiro atoms. The van der Waals surface area contributed by atoms with Gasteiger partial charge >= 0.3 is 24.1 Å². The van der Waals surface area contributed by atoms with Gasteiger partial charge in [0.1, 0.15) is 24.1 Å². The number of benzene rings is 1. The number of esters is 2. The molecule has 4 heterocycles. The van der Waals surface area contributed by atoms with Crippen LogP contribution in [0, 0.1) is 29.6 Å². The van der Waals surface area contributed by atoms with E-state index in [2.05, 4.69) is 12.2 Å². The van der Waals surface area contributed by atoms with E-state index in [0.29, 0.717) is 43.4 Å². The maximum atomic E-state index is 13.9. The summed E-state index contributed by atoms with van der Waals surface area (Å²) in [5.41, 5.74) is 0.646. The Morgan fingerprint density at radius 3 is 2.14 bits per heavy atom. The van der Waals surface area contributed by atoms with Gasteiger partial charge < -0.3 is 49.0 Å². The van der Waals surface area contributed by atoms with E-state index in [9.17, 15) is 53.4 Å². The van der Waals surface area contributed by atoms with Crippen molar-refractivity contribution in [2.24, 2.45) is 29.6 Å². The van der Waals surface area contributed by atoms with Gasteiger partial charge in [-0.2, -0.15) is 0 Å². The smallest absolute Gasteiger partial charge is 0.410 e. The summed E-state index contributed by atoms with van der Waals surface area (Å²) in [6, 6.07) is 6.16. The van der Waals surface area contributed by atoms with Crippen LogP contribution in [-0.4, -0.2) is 159 Å². The molecule has 0 unspecified atom stereocenters. The summed E-state index contributed by atoms with van der Waals surface area (Å²) in [5.74, 6) is -3.57. The lowest BCUT2D eigenvalue weighted by molar-refractivity contribution is -0.168. The Kier molecular flexibility index (Phi) is 25.9. The number of carbonyl (C=O) groups is 9. The molecule has 4 aliphatic rings. The summed E-state index contributed by atoms with van der Waals surface area (Å²) in [5, 5.41) is 24.1. The van der Waals surface area contributed by atoms with Gasteiger partial charge in [0.05, 0.1) is 36.9 Å². The third-order valence-corrected chi connectivity index (χ3v) is 16.2. The first-order valence-corrected chi connectivity index (χ1v) is 29.6. The van der Waals surface area contributed by atoms with E-state index >= 15 is 0 Å². The molecule has 4 aliphatic heterocycles. The van der Waals surface area contributed by atoms with Crippen LogP contribution in [-0.2, 0) is 70.3 Å². The van der Waals surface area contributed by atoms with E-state index < -0.39 is 72.0 Å². The van der Waals surface area contributed by atoms with Crippen molar-refractivity contribution in [1.29, 1.82) is 0 Å². The normalized spacial score (nSPS) is 25.6. The number of nitrogens with one attached hydrogen (secondary N) is 1. The predicted molar refractivity (Wildman–Crippen MR) is 308 cm³/mol. The number of hydrogen-bond donors (Lipinski definition) is 3. The molecule has 1 aromatic rings. The highest BCUT2D eigenvalue weighted by atomic mass is 16.6. The highest BCUT2D eigenvalue weighted by Crippen LogP contribution is 2.37. The maximum Gasteiger partial charge on any atom is 0.410 e. The number of allylic oxidation sites excluding steroid dienone is 3. The fourth-order valence-corrected chi connectivity index (χ4v) is 10.6. The Morgan fingerprint density at radius 1 is 0.880 bits per heavy atom. The van der Waals surface area contributed by atoms with Crippen molar-refractivity contribution in [2.45, 2.75) is 195 Å². The van der Waals surface area contributed by atoms with Crippen LogP contribution >= 0.6 is 0 Å². The Morgan fingerprint density at radius 2 is 1.52 bits per heavy atom. The van der Waals surface area contributed by atoms with Gasteiger partial charge in [0.25, 0.3) is 11.8 Å². The molecule has 3 N–H and O–H groups in total. The monoisotopic (exact) mass is 1160 g/mol. The molecule has 20 nitrogen and oxygen atoms in total. The summed E-state index contributed by atoms with van der Waals surface area (Å²) in [6.45, 7) is 18.6. The Hall–Kier alpha value is -6.51. The van der Waals surface area contributed by atoms with Crippen LogP contribution in [0.2, 0.25) is 0 Å². The second-order valence-electron chi connectivity index (χ2n) is 23.5. The molecule has 5 rings (SSSR count). The molecule has 20 heteroatoms. The number of Topliss-reactive ketones (excluding diaryl/α,β-unsaturated/α-hetero) is 2. The van der Waals surface area contributed by atoms with E-state index in [1.807, 2.05) is 59.8 Å². The van der Waals surface area contributed by atoms with Crippen molar-refractivity contribution in [3.63, 3.8) is 0 Å². The quantitative estimate of drug-likeness (QED) is 0.0155. The van der Waals surface area contributed by atoms with Gasteiger partial charge in [0, 0.05) is 88.8 Å². The second kappa shape index (κ2) is 32.0. The van der Waals surface area contributed by atoms with Gasteiger partial charge in [-0.05, 0) is 93.9 Å². The van der Waals surface area contributed by atoms with Gasteiger partial charge in [-0.15, -0.1) is 0 Å². The number of cyclic esters (lactones) is 1. The molecule has 458 valence electrons. The average Bonchev–Trinajstić information content (AvgIpc) is 4.38. The van der Waals surface area contributed by atoms with Crippen LogP contribution in [0.3, 0.4) is 0 Å². The number of aliphatic hydroxyl groups excluding tert-OH is 2. The second-order valence-corrected chi connectivity index (χ2v) is 23.5. The lowest BCUT2D eigenvalue weighted by Gasteiger charge is -2.38. The number of aliphatic hydroxyl groups is 2. The van der Waals surface area contributed by atoms with Gasteiger partial charge in [-0.3, -0.25) is 38.5 Å². The highest BCUT2D eigenvalue weighted by Gasteiger charge is 2.45. The molecule has 2 fully saturated rings. The minimum absolute atomic E-state index is 0.0233. The molecular weight excluding hydrogens is 1070 g/mol. The molecule has 83 heavy (non-hydrogen) atoms. The zero-order valence-electron chi connectivity index (χ0n) is 50.3. The number of amides is 5. The van der Waals surface area contributed by atoms with Crippen molar-refractivity contribution in [1.82, 2.24) is 20.0 Å². The molecule has 0 radical (unpaired) electrons. The topological polar surface area (TPSA) is 265 Å². The maximum absolute atomic E-state index is 13.9. The van der Waals surface area contributed by atoms with E-state index in [0.717, 1.165) is 12.0 Å². The van der Waals surface area contributed by atoms with Crippen LogP contribution in [0.5, 0.6) is 0 Å². The number of carbonyl (C=O) groups excluding carboxylic acids is 9. The standard InChI is InChI=1S/C63H90N4O16/c1-11-51(71)43(7)59-53(80-59)34-40(4)16-15-17-41(5)58-42(6)19-24-54(63(10,83-45(9)68)28-27-49(70)37-57(75)82-58)81-62(78)66-32-30-65(31-33-66)61(77)79-38-47-22-20-46(21-23-47)35-52(72)44(8)64-60(76)50(39(2)3)36-48(69)18-13-12-14-29-67-55(73)25-26-56(67)74/h15-17,19-26,39-40,42-44,49-51,53-54,58-59,70-71H,11-14,18,27-38H2,1-10H3,(H,64,76)/b16-15+,24-19+,41-17+/t40-,42+,43-,44+,49-,50+,51+,53-,54+,58-,59-,63-/m1/s1. The third-order valence-electron chi connectivity index (χ3n) is 16.2. The molecule has 12 atom stereocenters. The number of unbranched alkanes of at least 4 members (excludes halogenated alkanes) is 2. The van der Waals surface area contributed by atoms with E-state index in [1.54, 1.807) is 50.3 Å². The van der Waals surface area contributed by atoms with Crippen molar-refractivity contribution in [3.8, 4) is 0 Å². The van der Waals surface area contributed by atoms with Gasteiger partial charge in [-0.1, -0.05) is 96.5 Å². The molecule has 0 aromatic heterocycles. The van der Waals surface area contributed by atoms with E-state index in [-0.39, 0.29) is 131 Å². The van der Waals surface area contributed by atoms with Crippen LogP contribution in [0.25, 0.3) is 0 Å². The largest absolute Gasteiger partial charge is 0.457 e. The highest BCUT2D eigenvalue weighted by molar-refractivity contribution is 6.12. The first-order valence-electron chi connectivity index (χ1n) is 29.6. The number of imide groups is 1. The molecular formula is C63H90N4O16. The summed E-state index contributed by atoms with van der Waals surface area (Å²) >= 11 is 0. The summed E-state index contributed by atoms with van der Waals surface area (Å²) in [4.78, 5) is 120. The predicted octanol–water partition coefficient (Wildman–Crippen LogP) is 7.45. The summed E-state index contributed by atoms with van der Waals surface area (Å²) in [6.07, 6.45) is 10.4. The minimum atomic E-state index is -1.44. The van der Waals surface area contributed by atoms with E-state index in [1.165, 1.54) is 33.8 Å². The molecule has 1 aromatic carbocycles. The lowest BCUT2D eigenvalue weighted by atomic mass is 9.88. The lowest BCUT2D eigenvalue weighted by Crippen LogP contribution is -2.53. The fraction of sp³-hybridized carbons (Fsp3) is 0.635. The Balaban J connectivity index is 1.09. The van der Waals surface area contributed by atoms with Crippen molar-refractivity contribution in [3.05, 3.63) is 83.5 Å². The number of epoxide rings is 1. The zero-order chi connectivity index (χ0) is 61.1. The number of nitrogens with zero attached hydrogens (tertiary/aromatic N) is 3. The zero-order valence-corrected chi connectivity index (χ0v) is 50.3. The number of ether oxygens (including phenoxy) is 5. The van der Waals surface area contributed by atoms with Crippen LogP contribution < -0.4 is 5.32 Å². The first kappa shape index (κ1) is 67.3. The number of ketones is 2. The molecule has 5 amide bonds. The van der Waals surface area contributed by atoms with Crippen molar-refractivity contribution < 1.29 is 77.0 Å². The first-order chi connectivity index (χ1) is 39.3. The van der Waals surface area contributed by atoms with Crippen molar-refractivity contribution >= 4 is 53.4 Å². The Labute approximate surface area is 489 Å². The SMILES string of the molecule is CC[C@H](O)[C@@H](C)[C@H]1O[C@@H]1C[C@H](C)/C=C/C=C(\C)[C@H]1OC(=O)C[C@H](O)CC[C@@](C)(OC(C)=O)[C@@H](OC(=O)N2CCN(C(=O)OCc3ccc(CC(=O)[C@H](C)NC(=O)[C@@H](CC(=O)CCCCCN4C(=O)C=CC4=O)C(C)C)cc3)CC2)/C=C/[C@@H]1C. The molecule has 0 aliphatic carbocycles. The van der Waals surface area contributed by atoms with Gasteiger partial charge in [0.15, 0.2) is 11.9 Å². The van der Waals surface area contributed by atoms with Crippen LogP contribution in [0.4, 0.5) is 9.59 Å². The molecule has 0 saturated carbocycles. The fourth-order valence-electron chi connectivity index (χ4n) is 10.6. The van der Waals surface area contributed by atoms with Crippen LogP contribution in [0.1, 0.15) is 145 Å². The summed E-state index contributed by atoms with van der Waals surface area (Å²) in [7, 11) is 0. The van der Waals surface area contributed by atoms with Crippen molar-refractivity contribution in [2.75, 3.05) is 32.7 Å².